The van der Waals surface area contributed by atoms with Gasteiger partial charge in [-0.15, -0.1) is 24.8 Å². The molecule has 0 radical (unpaired) electrons. The molecular weight excluding hydrogens is 399 g/mol. The number of alkyl carbamates (subject to hydrolysis) is 1. The molecule has 0 spiro atoms. The molecule has 0 atom stereocenters. The fourth-order valence-electron chi connectivity index (χ4n) is 2.34. The molecule has 0 saturated heterocycles. The highest BCUT2D eigenvalue weighted by Crippen LogP contribution is 2.27. The van der Waals surface area contributed by atoms with Crippen molar-refractivity contribution in [1.82, 2.24) is 10.3 Å². The number of benzene rings is 2. The van der Waals surface area contributed by atoms with Crippen LogP contribution in [0.15, 0.2) is 47.3 Å². The topological polar surface area (TPSA) is 91.4 Å². The number of fused-ring (bicyclic) bond motifs is 1. The number of carbonyl (C=O) groups is 1. The maximum atomic E-state index is 11.7. The fourth-order valence-corrected chi connectivity index (χ4v) is 3.24. The van der Waals surface area contributed by atoms with Crippen LogP contribution in [0.4, 0.5) is 4.79 Å². The minimum Gasteiger partial charge on any atom is -0.506 e. The van der Waals surface area contributed by atoms with E-state index in [1.807, 2.05) is 30.3 Å². The molecule has 140 valence electrons. The van der Waals surface area contributed by atoms with Crippen LogP contribution in [0.5, 0.6) is 5.75 Å². The third-order valence-electron chi connectivity index (χ3n) is 3.52. The maximum absolute atomic E-state index is 11.7. The van der Waals surface area contributed by atoms with E-state index < -0.39 is 6.09 Å². The highest BCUT2D eigenvalue weighted by Gasteiger charge is 2.10. The van der Waals surface area contributed by atoms with Crippen molar-refractivity contribution in [1.29, 1.82) is 0 Å². The predicted octanol–water partition coefficient (Wildman–Crippen LogP) is 3.61. The lowest BCUT2D eigenvalue weighted by Gasteiger charge is -2.08. The van der Waals surface area contributed by atoms with Gasteiger partial charge in [-0.25, -0.2) is 4.79 Å². The number of H-pyrrole nitrogens is 1. The molecule has 0 fully saturated rings. The molecule has 3 N–H and O–H groups in total. The van der Waals surface area contributed by atoms with Gasteiger partial charge in [-0.1, -0.05) is 47.7 Å². The van der Waals surface area contributed by atoms with Crippen molar-refractivity contribution in [3.63, 3.8) is 0 Å². The van der Waals surface area contributed by atoms with Gasteiger partial charge in [0, 0.05) is 6.54 Å². The summed E-state index contributed by atoms with van der Waals surface area (Å²) in [5.41, 5.74) is 2.24. The SMILES string of the molecule is Cl.Cl.O=C(NCCc1ccc(O)c2[nH]c(=O)sc12)OCc1ccccc1. The van der Waals surface area contributed by atoms with Gasteiger partial charge in [0.25, 0.3) is 0 Å². The second-order valence-corrected chi connectivity index (χ2v) is 6.18. The van der Waals surface area contributed by atoms with Gasteiger partial charge < -0.3 is 20.1 Å². The maximum Gasteiger partial charge on any atom is 0.407 e. The third kappa shape index (κ3) is 5.39. The highest BCUT2D eigenvalue weighted by atomic mass is 35.5. The zero-order chi connectivity index (χ0) is 16.9. The fraction of sp³-hybridized carbons (Fsp3) is 0.176. The zero-order valence-electron chi connectivity index (χ0n) is 13.6. The molecule has 6 nitrogen and oxygen atoms in total. The lowest BCUT2D eigenvalue weighted by molar-refractivity contribution is 0.140. The summed E-state index contributed by atoms with van der Waals surface area (Å²) in [4.78, 5) is 25.5. The molecule has 3 aromatic rings. The van der Waals surface area contributed by atoms with E-state index in [2.05, 4.69) is 10.3 Å². The smallest absolute Gasteiger partial charge is 0.407 e. The van der Waals surface area contributed by atoms with E-state index in [-0.39, 0.29) is 42.0 Å². The lowest BCUT2D eigenvalue weighted by atomic mass is 10.1. The summed E-state index contributed by atoms with van der Waals surface area (Å²) in [5, 5.41) is 12.4. The molecule has 26 heavy (non-hydrogen) atoms. The molecule has 1 aromatic heterocycles. The quantitative estimate of drug-likeness (QED) is 0.592. The van der Waals surface area contributed by atoms with Crippen LogP contribution in [0.3, 0.4) is 0 Å². The van der Waals surface area contributed by atoms with Gasteiger partial charge in [0.15, 0.2) is 0 Å². The van der Waals surface area contributed by atoms with E-state index in [9.17, 15) is 14.7 Å². The first-order valence-electron chi connectivity index (χ1n) is 7.41. The van der Waals surface area contributed by atoms with E-state index in [0.717, 1.165) is 22.5 Å². The first-order chi connectivity index (χ1) is 11.6. The van der Waals surface area contributed by atoms with Crippen molar-refractivity contribution in [3.8, 4) is 5.75 Å². The summed E-state index contributed by atoms with van der Waals surface area (Å²) >= 11 is 1.04. The summed E-state index contributed by atoms with van der Waals surface area (Å²) < 4.78 is 5.84. The number of hydrogen-bond donors (Lipinski definition) is 3. The number of halogens is 2. The number of aromatic amines is 1. The number of thiazole rings is 1. The molecule has 0 aliphatic carbocycles. The lowest BCUT2D eigenvalue weighted by Crippen LogP contribution is -2.26. The van der Waals surface area contributed by atoms with Crippen LogP contribution in [0.2, 0.25) is 0 Å². The molecule has 3 rings (SSSR count). The van der Waals surface area contributed by atoms with E-state index in [1.54, 1.807) is 6.07 Å². The van der Waals surface area contributed by atoms with Crippen molar-refractivity contribution in [3.05, 3.63) is 63.3 Å². The number of aromatic nitrogens is 1. The Morgan fingerprint density at radius 1 is 1.15 bits per heavy atom. The number of nitrogens with one attached hydrogen (secondary N) is 2. The number of phenols is 1. The molecule has 0 aliphatic heterocycles. The highest BCUT2D eigenvalue weighted by molar-refractivity contribution is 7.16. The van der Waals surface area contributed by atoms with Crippen LogP contribution < -0.4 is 10.2 Å². The summed E-state index contributed by atoms with van der Waals surface area (Å²) in [5.74, 6) is 0.0438. The van der Waals surface area contributed by atoms with Crippen molar-refractivity contribution in [2.75, 3.05) is 6.54 Å². The number of aromatic hydroxyl groups is 1. The number of phenolic OH excluding ortho intramolecular Hbond substituents is 1. The zero-order valence-corrected chi connectivity index (χ0v) is 16.0. The van der Waals surface area contributed by atoms with E-state index in [1.165, 1.54) is 6.07 Å². The van der Waals surface area contributed by atoms with Crippen LogP contribution in [0.1, 0.15) is 11.1 Å². The number of rotatable bonds is 5. The van der Waals surface area contributed by atoms with Crippen LogP contribution in [0, 0.1) is 0 Å². The Bertz CT molecular complexity index is 912. The van der Waals surface area contributed by atoms with Gasteiger partial charge in [0.1, 0.15) is 17.9 Å². The molecule has 0 aliphatic rings. The van der Waals surface area contributed by atoms with Gasteiger partial charge in [-0.2, -0.15) is 0 Å². The normalized spacial score (nSPS) is 9.85. The van der Waals surface area contributed by atoms with Crippen LogP contribution in [-0.2, 0) is 17.8 Å². The average molecular weight is 417 g/mol. The summed E-state index contributed by atoms with van der Waals surface area (Å²) in [6.07, 6.45) is 0.0431. The van der Waals surface area contributed by atoms with Gasteiger partial charge >= 0.3 is 11.0 Å². The average Bonchev–Trinajstić information content (AvgIpc) is 2.99. The minimum atomic E-state index is -0.490. The Hall–Kier alpha value is -2.22. The second-order valence-electron chi connectivity index (χ2n) is 5.20. The molecule has 1 amide bonds. The van der Waals surface area contributed by atoms with Crippen LogP contribution in [0.25, 0.3) is 10.2 Å². The third-order valence-corrected chi connectivity index (χ3v) is 4.47. The monoisotopic (exact) mass is 416 g/mol. The van der Waals surface area contributed by atoms with Gasteiger partial charge in [-0.05, 0) is 23.6 Å². The van der Waals surface area contributed by atoms with Gasteiger partial charge in [0.2, 0.25) is 0 Å². The van der Waals surface area contributed by atoms with Crippen molar-refractivity contribution >= 4 is 52.5 Å². The van der Waals surface area contributed by atoms with Crippen molar-refractivity contribution in [2.45, 2.75) is 13.0 Å². The summed E-state index contributed by atoms with van der Waals surface area (Å²) in [6, 6.07) is 12.7. The predicted molar refractivity (Wildman–Crippen MR) is 107 cm³/mol. The van der Waals surface area contributed by atoms with Crippen molar-refractivity contribution < 1.29 is 14.6 Å². The largest absolute Gasteiger partial charge is 0.506 e. The van der Waals surface area contributed by atoms with Crippen LogP contribution in [-0.4, -0.2) is 22.7 Å². The minimum absolute atomic E-state index is 0. The Morgan fingerprint density at radius 2 is 1.88 bits per heavy atom. The second kappa shape index (κ2) is 10.1. The van der Waals surface area contributed by atoms with E-state index >= 15 is 0 Å². The van der Waals surface area contributed by atoms with E-state index in [4.69, 9.17) is 4.74 Å². The van der Waals surface area contributed by atoms with Gasteiger partial charge in [-0.3, -0.25) is 4.79 Å². The summed E-state index contributed by atoms with van der Waals surface area (Å²) in [6.45, 7) is 0.592. The standard InChI is InChI=1S/C17H16N2O4S.2ClH/c20-13-7-6-12(15-14(13)19-17(22)24-15)8-9-18-16(21)23-10-11-4-2-1-3-5-11;;/h1-7,20H,8-10H2,(H,18,21)(H,19,22);2*1H. The first-order valence-corrected chi connectivity index (χ1v) is 8.23. The Morgan fingerprint density at radius 3 is 2.62 bits per heavy atom. The number of hydrogen-bond acceptors (Lipinski definition) is 5. The molecule has 0 unspecified atom stereocenters. The molecule has 2 aromatic carbocycles. The van der Waals surface area contributed by atoms with Gasteiger partial charge in [0.05, 0.1) is 4.70 Å². The molecule has 9 heteroatoms. The summed E-state index contributed by atoms with van der Waals surface area (Å²) in [7, 11) is 0. The van der Waals surface area contributed by atoms with E-state index in [0.29, 0.717) is 23.2 Å². The first kappa shape index (κ1) is 21.8. The molecular formula is C17H18Cl2N2O4S. The Balaban J connectivity index is 0.00000169. The molecule has 0 saturated carbocycles. The van der Waals surface area contributed by atoms with Crippen molar-refractivity contribution in [2.24, 2.45) is 0 Å². The van der Waals surface area contributed by atoms with Crippen LogP contribution >= 0.6 is 36.2 Å². The number of ether oxygens (including phenoxy) is 1. The Labute approximate surface area is 166 Å². The Kier molecular flexibility index (Phi) is 8.44. The number of carbonyl (C=O) groups excluding carboxylic acids is 1. The molecule has 1 heterocycles. The number of amides is 1. The molecule has 0 bridgehead atoms.